The van der Waals surface area contributed by atoms with Gasteiger partial charge in [0.1, 0.15) is 11.4 Å². The van der Waals surface area contributed by atoms with Gasteiger partial charge in [0.25, 0.3) is 5.91 Å². The molecule has 0 saturated carbocycles. The molecule has 2 aromatic rings. The van der Waals surface area contributed by atoms with Crippen LogP contribution < -0.4 is 5.32 Å². The molecule has 0 radical (unpaired) electrons. The highest BCUT2D eigenvalue weighted by Gasteiger charge is 2.46. The number of aryl methyl sites for hydroxylation is 1. The van der Waals surface area contributed by atoms with Crippen LogP contribution in [0.4, 0.5) is 24.5 Å². The topological polar surface area (TPSA) is 65.0 Å². The Morgan fingerprint density at radius 2 is 1.97 bits per heavy atom. The second kappa shape index (κ2) is 9.32. The Labute approximate surface area is 190 Å². The minimum absolute atomic E-state index is 0.0688. The minimum Gasteiger partial charge on any atom is -0.385 e. The van der Waals surface area contributed by atoms with Gasteiger partial charge in [-0.25, -0.2) is 13.2 Å². The standard InChI is InChI=1S/C24H28F3N3O3/c1-15-5-8-20(19(26)10-15)28-22-17(6-7-18(25)21(22)27)23(31)30-13-24(32,14-30)12-29-9-3-4-16(29)11-33-2/h5-8,10,16,28,32H,3-4,9,11-14H2,1-2H3. The van der Waals surface area contributed by atoms with Crippen molar-refractivity contribution >= 4 is 17.3 Å². The molecule has 9 heteroatoms. The van der Waals surface area contributed by atoms with E-state index < -0.39 is 34.6 Å². The molecular weight excluding hydrogens is 435 g/mol. The molecule has 2 N–H and O–H groups in total. The lowest BCUT2D eigenvalue weighted by atomic mass is 9.92. The Bertz CT molecular complexity index is 1040. The summed E-state index contributed by atoms with van der Waals surface area (Å²) < 4.78 is 48.1. The van der Waals surface area contributed by atoms with E-state index in [1.54, 1.807) is 20.1 Å². The SMILES string of the molecule is COCC1CCCN1CC1(O)CN(C(=O)c2ccc(F)c(F)c2Nc2ccc(C)cc2F)C1. The number of rotatable bonds is 7. The maximum absolute atomic E-state index is 14.6. The summed E-state index contributed by atoms with van der Waals surface area (Å²) >= 11 is 0. The molecule has 2 fully saturated rings. The number of nitrogens with one attached hydrogen (secondary N) is 1. The van der Waals surface area contributed by atoms with Crippen molar-refractivity contribution in [2.45, 2.75) is 31.4 Å². The van der Waals surface area contributed by atoms with Crippen molar-refractivity contribution in [3.05, 3.63) is 58.9 Å². The number of benzene rings is 2. The van der Waals surface area contributed by atoms with Gasteiger partial charge in [0.15, 0.2) is 11.6 Å². The lowest BCUT2D eigenvalue weighted by molar-refractivity contribution is -0.101. The van der Waals surface area contributed by atoms with E-state index in [1.165, 1.54) is 23.1 Å². The number of hydrogen-bond donors (Lipinski definition) is 2. The van der Waals surface area contributed by atoms with Gasteiger partial charge in [-0.2, -0.15) is 0 Å². The molecule has 1 unspecified atom stereocenters. The summed E-state index contributed by atoms with van der Waals surface area (Å²) in [6, 6.07) is 6.54. The zero-order chi connectivity index (χ0) is 23.8. The molecule has 0 spiro atoms. The highest BCUT2D eigenvalue weighted by atomic mass is 19.2. The van der Waals surface area contributed by atoms with Crippen molar-refractivity contribution < 1.29 is 27.8 Å². The van der Waals surface area contributed by atoms with E-state index in [2.05, 4.69) is 10.2 Å². The molecule has 6 nitrogen and oxygen atoms in total. The largest absolute Gasteiger partial charge is 0.385 e. The van der Waals surface area contributed by atoms with Crippen LogP contribution in [0.5, 0.6) is 0 Å². The molecule has 2 heterocycles. The molecular formula is C24H28F3N3O3. The fourth-order valence-electron chi connectivity index (χ4n) is 4.65. The molecule has 4 rings (SSSR count). The Morgan fingerprint density at radius 1 is 1.21 bits per heavy atom. The molecule has 0 bridgehead atoms. The second-order valence-corrected chi connectivity index (χ2v) is 9.00. The number of hydrogen-bond acceptors (Lipinski definition) is 5. The van der Waals surface area contributed by atoms with Crippen LogP contribution in [0.1, 0.15) is 28.8 Å². The molecule has 2 aliphatic heterocycles. The number of ether oxygens (including phenoxy) is 1. The number of nitrogens with zero attached hydrogens (tertiary/aromatic N) is 2. The average Bonchev–Trinajstić information content (AvgIpc) is 3.17. The van der Waals surface area contributed by atoms with Gasteiger partial charge in [0.05, 0.1) is 36.6 Å². The summed E-state index contributed by atoms with van der Waals surface area (Å²) in [6.07, 6.45) is 2.01. The first kappa shape index (κ1) is 23.5. The van der Waals surface area contributed by atoms with E-state index in [4.69, 9.17) is 4.74 Å². The molecule has 178 valence electrons. The van der Waals surface area contributed by atoms with Crippen LogP contribution in [-0.4, -0.2) is 72.4 Å². The third kappa shape index (κ3) is 4.85. The first-order chi connectivity index (χ1) is 15.7. The molecule has 1 atom stereocenters. The number of aliphatic hydroxyl groups is 1. The van der Waals surface area contributed by atoms with Crippen LogP contribution in [0.2, 0.25) is 0 Å². The summed E-state index contributed by atoms with van der Waals surface area (Å²) in [5, 5.41) is 13.5. The van der Waals surface area contributed by atoms with Crippen molar-refractivity contribution in [3.63, 3.8) is 0 Å². The van der Waals surface area contributed by atoms with Gasteiger partial charge < -0.3 is 20.1 Å². The van der Waals surface area contributed by atoms with E-state index in [0.717, 1.165) is 25.5 Å². The number of amides is 1. The Balaban J connectivity index is 1.49. The molecule has 0 aliphatic carbocycles. The normalized spacial score (nSPS) is 20.1. The zero-order valence-electron chi connectivity index (χ0n) is 18.7. The smallest absolute Gasteiger partial charge is 0.256 e. The molecule has 2 saturated heterocycles. The third-order valence-corrected chi connectivity index (χ3v) is 6.32. The lowest BCUT2D eigenvalue weighted by Gasteiger charge is -2.48. The quantitative estimate of drug-likeness (QED) is 0.659. The molecule has 0 aromatic heterocycles. The molecule has 1 amide bonds. The summed E-state index contributed by atoms with van der Waals surface area (Å²) in [5.41, 5.74) is -1.05. The van der Waals surface area contributed by atoms with E-state index in [-0.39, 0.29) is 30.4 Å². The Hall–Kier alpha value is -2.62. The van der Waals surface area contributed by atoms with Crippen LogP contribution in [-0.2, 0) is 4.74 Å². The van der Waals surface area contributed by atoms with Gasteiger partial charge in [-0.15, -0.1) is 0 Å². The van der Waals surface area contributed by atoms with E-state index in [1.807, 2.05) is 0 Å². The maximum atomic E-state index is 14.6. The fraction of sp³-hybridized carbons (Fsp3) is 0.458. The predicted molar refractivity (Wildman–Crippen MR) is 118 cm³/mol. The van der Waals surface area contributed by atoms with Crippen molar-refractivity contribution in [1.82, 2.24) is 9.80 Å². The first-order valence-electron chi connectivity index (χ1n) is 11.0. The van der Waals surface area contributed by atoms with Gasteiger partial charge in [-0.1, -0.05) is 6.07 Å². The number of halogens is 3. The van der Waals surface area contributed by atoms with Crippen molar-refractivity contribution in [1.29, 1.82) is 0 Å². The van der Waals surface area contributed by atoms with Crippen LogP contribution in [0.3, 0.4) is 0 Å². The number of anilines is 2. The number of likely N-dealkylation sites (tertiary alicyclic amines) is 2. The Morgan fingerprint density at radius 3 is 2.67 bits per heavy atom. The highest BCUT2D eigenvalue weighted by Crippen LogP contribution is 2.32. The number of carbonyl (C=O) groups excluding carboxylic acids is 1. The average molecular weight is 464 g/mol. The highest BCUT2D eigenvalue weighted by molar-refractivity contribution is 6.01. The van der Waals surface area contributed by atoms with Gasteiger partial charge in [-0.3, -0.25) is 9.69 Å². The van der Waals surface area contributed by atoms with Gasteiger partial charge in [0, 0.05) is 19.7 Å². The van der Waals surface area contributed by atoms with E-state index in [9.17, 15) is 23.1 Å². The van der Waals surface area contributed by atoms with Crippen LogP contribution in [0.15, 0.2) is 30.3 Å². The van der Waals surface area contributed by atoms with Crippen LogP contribution in [0.25, 0.3) is 0 Å². The number of carbonyl (C=O) groups is 1. The van der Waals surface area contributed by atoms with Crippen LogP contribution >= 0.6 is 0 Å². The first-order valence-corrected chi connectivity index (χ1v) is 11.0. The molecule has 2 aromatic carbocycles. The van der Waals surface area contributed by atoms with Gasteiger partial charge in [-0.05, 0) is 56.1 Å². The van der Waals surface area contributed by atoms with Gasteiger partial charge >= 0.3 is 0 Å². The minimum atomic E-state index is -1.27. The summed E-state index contributed by atoms with van der Waals surface area (Å²) in [5.74, 6) is -3.63. The van der Waals surface area contributed by atoms with Crippen molar-refractivity contribution in [2.75, 3.05) is 45.2 Å². The summed E-state index contributed by atoms with van der Waals surface area (Å²) in [7, 11) is 1.64. The monoisotopic (exact) mass is 463 g/mol. The lowest BCUT2D eigenvalue weighted by Crippen LogP contribution is -2.68. The predicted octanol–water partition coefficient (Wildman–Crippen LogP) is 3.45. The van der Waals surface area contributed by atoms with E-state index >= 15 is 0 Å². The Kier molecular flexibility index (Phi) is 6.65. The summed E-state index contributed by atoms with van der Waals surface area (Å²) in [6.45, 7) is 3.68. The van der Waals surface area contributed by atoms with Crippen molar-refractivity contribution in [3.8, 4) is 0 Å². The van der Waals surface area contributed by atoms with Crippen LogP contribution in [0, 0.1) is 24.4 Å². The van der Waals surface area contributed by atoms with E-state index in [0.29, 0.717) is 18.7 Å². The number of methoxy groups -OCH3 is 1. The van der Waals surface area contributed by atoms with Gasteiger partial charge in [0.2, 0.25) is 0 Å². The number of β-amino-alcohol motifs (C(OH)–C–C–N with tert-alkyl or cyclic N) is 1. The van der Waals surface area contributed by atoms with Crippen molar-refractivity contribution in [2.24, 2.45) is 0 Å². The molecule has 2 aliphatic rings. The summed E-state index contributed by atoms with van der Waals surface area (Å²) in [4.78, 5) is 16.6. The zero-order valence-corrected chi connectivity index (χ0v) is 18.7. The maximum Gasteiger partial charge on any atom is 0.256 e. The third-order valence-electron chi connectivity index (χ3n) is 6.32. The molecule has 33 heavy (non-hydrogen) atoms. The second-order valence-electron chi connectivity index (χ2n) is 9.00. The fourth-order valence-corrected chi connectivity index (χ4v) is 4.65.